The van der Waals surface area contributed by atoms with Gasteiger partial charge in [0.15, 0.2) is 11.6 Å². The first-order valence-electron chi connectivity index (χ1n) is 10.1. The zero-order chi connectivity index (χ0) is 22.1. The predicted molar refractivity (Wildman–Crippen MR) is 123 cm³/mol. The Labute approximate surface area is 188 Å². The molecule has 0 fully saturated rings. The molecule has 2 aromatic heterocycles. The highest BCUT2D eigenvalue weighted by Gasteiger charge is 2.38. The molecule has 0 saturated carbocycles. The van der Waals surface area contributed by atoms with Crippen LogP contribution in [0.25, 0.3) is 0 Å². The largest absolute Gasteiger partial charge is 0.457 e. The molecule has 1 unspecified atom stereocenters. The number of amides is 1. The van der Waals surface area contributed by atoms with Crippen LogP contribution in [-0.4, -0.2) is 21.9 Å². The van der Waals surface area contributed by atoms with Crippen LogP contribution in [0.4, 0.5) is 10.8 Å². The lowest BCUT2D eigenvalue weighted by molar-refractivity contribution is -0.118. The van der Waals surface area contributed by atoms with Gasteiger partial charge in [0.1, 0.15) is 17.5 Å². The zero-order valence-corrected chi connectivity index (χ0v) is 18.1. The van der Waals surface area contributed by atoms with Gasteiger partial charge in [0.05, 0.1) is 17.2 Å². The minimum atomic E-state index is -0.434. The van der Waals surface area contributed by atoms with E-state index < -0.39 is 6.04 Å². The number of H-pyrrole nitrogens is 1. The highest BCUT2D eigenvalue weighted by atomic mass is 32.1. The zero-order valence-electron chi connectivity index (χ0n) is 17.2. The van der Waals surface area contributed by atoms with Gasteiger partial charge in [-0.2, -0.15) is 5.10 Å². The Balaban J connectivity index is 1.32. The molecule has 1 atom stereocenters. The van der Waals surface area contributed by atoms with Gasteiger partial charge >= 0.3 is 0 Å². The molecule has 3 heterocycles. The summed E-state index contributed by atoms with van der Waals surface area (Å²) in [5.74, 6) is 1.56. The van der Waals surface area contributed by atoms with Gasteiger partial charge in [0, 0.05) is 11.1 Å². The molecule has 5 rings (SSSR count). The lowest BCUT2D eigenvalue weighted by atomic mass is 10.1. The van der Waals surface area contributed by atoms with Crippen LogP contribution < -0.4 is 15.0 Å². The summed E-state index contributed by atoms with van der Waals surface area (Å²) in [7, 11) is 0. The minimum absolute atomic E-state index is 0.0210. The molecule has 4 aromatic rings. The second-order valence-electron chi connectivity index (χ2n) is 7.45. The van der Waals surface area contributed by atoms with Gasteiger partial charge in [-0.15, -0.1) is 11.3 Å². The summed E-state index contributed by atoms with van der Waals surface area (Å²) in [6.45, 7) is 2.06. The van der Waals surface area contributed by atoms with E-state index in [1.165, 1.54) is 0 Å². The van der Waals surface area contributed by atoms with Crippen LogP contribution in [-0.2, 0) is 11.3 Å². The third kappa shape index (κ3) is 3.76. The van der Waals surface area contributed by atoms with E-state index in [0.717, 1.165) is 22.0 Å². The molecule has 0 bridgehead atoms. The number of carbonyl (C=O) groups is 2. The fraction of sp³-hybridized carbons (Fsp3) is 0.125. The fourth-order valence-electron chi connectivity index (χ4n) is 3.83. The number of hydrogen-bond donors (Lipinski definition) is 2. The second-order valence-corrected chi connectivity index (χ2v) is 8.38. The molecule has 1 aliphatic heterocycles. The van der Waals surface area contributed by atoms with Crippen molar-refractivity contribution in [2.75, 3.05) is 10.2 Å². The first kappa shape index (κ1) is 20.0. The van der Waals surface area contributed by atoms with Crippen LogP contribution in [0.2, 0.25) is 0 Å². The quantitative estimate of drug-likeness (QED) is 0.429. The van der Waals surface area contributed by atoms with Gasteiger partial charge in [-0.1, -0.05) is 18.2 Å². The molecule has 0 aliphatic carbocycles. The number of para-hydroxylation sites is 1. The van der Waals surface area contributed by atoms with Gasteiger partial charge in [-0.25, -0.2) is 0 Å². The molecule has 0 saturated heterocycles. The van der Waals surface area contributed by atoms with Crippen LogP contribution in [0, 0.1) is 0 Å². The average Bonchev–Trinajstić information content (AvgIpc) is 3.52. The van der Waals surface area contributed by atoms with Crippen molar-refractivity contribution in [2.45, 2.75) is 19.5 Å². The number of Topliss-reactive ketones (excluding diaryl/α,β-unsaturated/α-hetero) is 1. The first-order chi connectivity index (χ1) is 15.6. The fourth-order valence-corrected chi connectivity index (χ4v) is 4.58. The van der Waals surface area contributed by atoms with E-state index in [9.17, 15) is 9.59 Å². The molecule has 0 spiro atoms. The second kappa shape index (κ2) is 8.32. The van der Waals surface area contributed by atoms with Crippen LogP contribution in [0.5, 0.6) is 11.5 Å². The number of ketones is 1. The maximum absolute atomic E-state index is 12.8. The van der Waals surface area contributed by atoms with Gasteiger partial charge in [-0.05, 0) is 60.8 Å². The van der Waals surface area contributed by atoms with Crippen LogP contribution in [0.3, 0.4) is 0 Å². The lowest BCUT2D eigenvalue weighted by Crippen LogP contribution is -2.26. The molecule has 32 heavy (non-hydrogen) atoms. The Hall–Kier alpha value is -3.91. The van der Waals surface area contributed by atoms with E-state index in [1.54, 1.807) is 42.5 Å². The third-order valence-corrected chi connectivity index (χ3v) is 6.22. The number of thiophene rings is 1. The van der Waals surface area contributed by atoms with E-state index in [-0.39, 0.29) is 11.7 Å². The van der Waals surface area contributed by atoms with E-state index in [1.807, 2.05) is 52.7 Å². The Morgan fingerprint density at radius 2 is 1.81 bits per heavy atom. The number of nitrogens with one attached hydrogen (secondary N) is 2. The Morgan fingerprint density at radius 1 is 1.06 bits per heavy atom. The molecule has 160 valence electrons. The molecular weight excluding hydrogens is 424 g/mol. The van der Waals surface area contributed by atoms with Crippen LogP contribution >= 0.6 is 11.3 Å². The van der Waals surface area contributed by atoms with Crippen molar-refractivity contribution in [1.82, 2.24) is 10.2 Å². The minimum Gasteiger partial charge on any atom is -0.457 e. The summed E-state index contributed by atoms with van der Waals surface area (Å²) in [6.07, 6.45) is 0. The van der Waals surface area contributed by atoms with Crippen molar-refractivity contribution in [3.05, 3.63) is 88.9 Å². The summed E-state index contributed by atoms with van der Waals surface area (Å²) in [5.41, 5.74) is 2.04. The normalized spacial score (nSPS) is 14.8. The predicted octanol–water partition coefficient (Wildman–Crippen LogP) is 5.17. The van der Waals surface area contributed by atoms with Crippen molar-refractivity contribution >= 4 is 33.8 Å². The monoisotopic (exact) mass is 444 g/mol. The summed E-state index contributed by atoms with van der Waals surface area (Å²) in [4.78, 5) is 27.2. The van der Waals surface area contributed by atoms with Gasteiger partial charge in [0.2, 0.25) is 0 Å². The number of anilines is 2. The van der Waals surface area contributed by atoms with E-state index in [4.69, 9.17) is 4.74 Å². The molecule has 2 aromatic carbocycles. The summed E-state index contributed by atoms with van der Waals surface area (Å²) in [6, 6.07) is 19.9. The van der Waals surface area contributed by atoms with Crippen molar-refractivity contribution in [3.8, 4) is 11.5 Å². The molecule has 1 aliphatic rings. The summed E-state index contributed by atoms with van der Waals surface area (Å²) < 4.78 is 5.78. The molecular formula is C24H20N4O3S. The highest BCUT2D eigenvalue weighted by Crippen LogP contribution is 2.41. The lowest BCUT2D eigenvalue weighted by Gasteiger charge is -2.23. The number of rotatable bonds is 6. The third-order valence-electron chi connectivity index (χ3n) is 5.31. The average molecular weight is 445 g/mol. The van der Waals surface area contributed by atoms with Crippen molar-refractivity contribution in [1.29, 1.82) is 0 Å². The number of aromatic nitrogens is 2. The number of carbonyl (C=O) groups excluding carboxylic acids is 2. The molecule has 1 amide bonds. The molecule has 2 N–H and O–H groups in total. The number of aromatic amines is 1. The Kier molecular flexibility index (Phi) is 5.20. The summed E-state index contributed by atoms with van der Waals surface area (Å²) in [5, 5.41) is 13.1. The summed E-state index contributed by atoms with van der Waals surface area (Å²) >= 11 is 1.57. The topological polar surface area (TPSA) is 87.3 Å². The Bertz CT molecular complexity index is 1250. The van der Waals surface area contributed by atoms with Crippen molar-refractivity contribution < 1.29 is 14.3 Å². The van der Waals surface area contributed by atoms with E-state index >= 15 is 0 Å². The van der Waals surface area contributed by atoms with Crippen LogP contribution in [0.15, 0.2) is 72.1 Å². The standard InChI is InChI=1S/C24H20N4O3S/c1-15(29)22-21-19(14-28(22)20-8-5-13-32-20)23(27-26-21)25-24(30)16-9-11-18(12-10-16)31-17-6-3-2-4-7-17/h2-13,22H,14H2,1H3,(H2,25,26,27,30). The van der Waals surface area contributed by atoms with Crippen LogP contribution in [0.1, 0.15) is 34.6 Å². The SMILES string of the molecule is CC(=O)C1c2[nH]nc(NC(=O)c3ccc(Oc4ccccc4)cc3)c2CN1c1cccs1. The Morgan fingerprint density at radius 3 is 2.50 bits per heavy atom. The molecule has 0 radical (unpaired) electrons. The molecule has 8 heteroatoms. The van der Waals surface area contributed by atoms with Gasteiger partial charge < -0.3 is 15.0 Å². The maximum atomic E-state index is 12.8. The van der Waals surface area contributed by atoms with E-state index in [2.05, 4.69) is 15.5 Å². The first-order valence-corrected chi connectivity index (χ1v) is 11.0. The number of nitrogens with zero attached hydrogens (tertiary/aromatic N) is 2. The molecule has 7 nitrogen and oxygen atoms in total. The number of fused-ring (bicyclic) bond motifs is 1. The van der Waals surface area contributed by atoms with Gasteiger partial charge in [-0.3, -0.25) is 14.7 Å². The van der Waals surface area contributed by atoms with Gasteiger partial charge in [0.25, 0.3) is 5.91 Å². The smallest absolute Gasteiger partial charge is 0.256 e. The van der Waals surface area contributed by atoms with Crippen molar-refractivity contribution in [2.24, 2.45) is 0 Å². The van der Waals surface area contributed by atoms with E-state index in [0.29, 0.717) is 23.7 Å². The number of ether oxygens (including phenoxy) is 1. The highest BCUT2D eigenvalue weighted by molar-refractivity contribution is 7.14. The maximum Gasteiger partial charge on any atom is 0.256 e. The van der Waals surface area contributed by atoms with Crippen molar-refractivity contribution in [3.63, 3.8) is 0 Å². The number of benzene rings is 2. The number of hydrogen-bond acceptors (Lipinski definition) is 6.